The fraction of sp³-hybridized carbons (Fsp3) is 0.333. The number of benzene rings is 1. The Morgan fingerprint density at radius 3 is 2.96 bits per heavy atom. The van der Waals surface area contributed by atoms with Gasteiger partial charge in [0, 0.05) is 26.1 Å². The van der Waals surface area contributed by atoms with Crippen molar-refractivity contribution in [3.05, 3.63) is 53.9 Å². The third-order valence-corrected chi connectivity index (χ3v) is 4.89. The summed E-state index contributed by atoms with van der Waals surface area (Å²) in [5, 5.41) is 9.98. The Hall–Kier alpha value is -2.83. The number of fused-ring (bicyclic) bond motifs is 1. The summed E-state index contributed by atoms with van der Waals surface area (Å²) in [7, 11) is 0. The number of hydrogen-bond donors (Lipinski definition) is 2. The summed E-state index contributed by atoms with van der Waals surface area (Å²) in [6.07, 6.45) is 2.00. The van der Waals surface area contributed by atoms with Gasteiger partial charge in [0.25, 0.3) is 0 Å². The molecular formula is C18H19FN4O2. The van der Waals surface area contributed by atoms with Crippen molar-refractivity contribution in [3.63, 3.8) is 0 Å². The molecule has 0 unspecified atom stereocenters. The van der Waals surface area contributed by atoms with Gasteiger partial charge in [-0.1, -0.05) is 12.6 Å². The highest BCUT2D eigenvalue weighted by Gasteiger charge is 2.34. The number of para-hydroxylation sites is 1. The highest BCUT2D eigenvalue weighted by atomic mass is 19.1. The van der Waals surface area contributed by atoms with E-state index < -0.39 is 5.82 Å². The molecule has 4 rings (SSSR count). The van der Waals surface area contributed by atoms with E-state index in [9.17, 15) is 14.3 Å². The molecule has 0 aliphatic carbocycles. The van der Waals surface area contributed by atoms with Crippen molar-refractivity contribution >= 4 is 11.6 Å². The number of aromatic amines is 1. The molecule has 0 atom stereocenters. The number of phenolic OH excluding ortho intramolecular Hbond substituents is 1. The summed E-state index contributed by atoms with van der Waals surface area (Å²) in [6.45, 7) is 5.83. The Labute approximate surface area is 144 Å². The third kappa shape index (κ3) is 2.65. The summed E-state index contributed by atoms with van der Waals surface area (Å²) in [5.41, 5.74) is 2.16. The van der Waals surface area contributed by atoms with E-state index in [0.717, 1.165) is 17.2 Å². The molecule has 25 heavy (non-hydrogen) atoms. The molecule has 1 fully saturated rings. The minimum Gasteiger partial charge on any atom is -0.506 e. The van der Waals surface area contributed by atoms with Gasteiger partial charge in [0.2, 0.25) is 5.91 Å². The Balaban J connectivity index is 1.51. The Morgan fingerprint density at radius 1 is 1.44 bits per heavy atom. The van der Waals surface area contributed by atoms with Crippen LogP contribution in [-0.4, -0.2) is 45.5 Å². The lowest BCUT2D eigenvalue weighted by Crippen LogP contribution is -2.48. The SMILES string of the molecule is C=CC(=O)N1CC(c2nc3c([nH]2)CN(c2c(O)cccc2F)CC3)C1. The number of carbonyl (C=O) groups excluding carboxylic acids is 1. The van der Waals surface area contributed by atoms with Gasteiger partial charge in [0.05, 0.1) is 23.9 Å². The van der Waals surface area contributed by atoms with Crippen molar-refractivity contribution in [1.29, 1.82) is 0 Å². The Kier molecular flexibility index (Phi) is 3.71. The quantitative estimate of drug-likeness (QED) is 0.836. The standard InChI is InChI=1S/C18H19FN4O2/c1-2-16(25)23-8-11(9-23)18-20-13-6-7-22(10-14(13)21-18)17-12(19)4-3-5-15(17)24/h2-5,11,24H,1,6-10H2,(H,20,21). The average Bonchev–Trinajstić information content (AvgIpc) is 2.95. The predicted octanol–water partition coefficient (Wildman–Crippen LogP) is 1.93. The van der Waals surface area contributed by atoms with Crippen LogP contribution in [0.4, 0.5) is 10.1 Å². The van der Waals surface area contributed by atoms with Crippen LogP contribution in [0.5, 0.6) is 5.75 Å². The molecule has 2 aliphatic heterocycles. The van der Waals surface area contributed by atoms with Gasteiger partial charge in [0.1, 0.15) is 23.1 Å². The van der Waals surface area contributed by atoms with Gasteiger partial charge in [-0.25, -0.2) is 9.37 Å². The van der Waals surface area contributed by atoms with Crippen molar-refractivity contribution in [2.75, 3.05) is 24.5 Å². The number of amides is 1. The van der Waals surface area contributed by atoms with Gasteiger partial charge >= 0.3 is 0 Å². The molecular weight excluding hydrogens is 323 g/mol. The number of halogens is 1. The second-order valence-corrected chi connectivity index (χ2v) is 6.47. The van der Waals surface area contributed by atoms with E-state index in [1.807, 2.05) is 4.90 Å². The van der Waals surface area contributed by atoms with Crippen molar-refractivity contribution in [1.82, 2.24) is 14.9 Å². The highest BCUT2D eigenvalue weighted by Crippen LogP contribution is 2.34. The lowest BCUT2D eigenvalue weighted by molar-refractivity contribution is -0.130. The molecule has 0 bridgehead atoms. The number of carbonyl (C=O) groups is 1. The topological polar surface area (TPSA) is 72.5 Å². The molecule has 1 aromatic carbocycles. The number of nitrogens with zero attached hydrogens (tertiary/aromatic N) is 3. The van der Waals surface area contributed by atoms with E-state index in [2.05, 4.69) is 16.5 Å². The predicted molar refractivity (Wildman–Crippen MR) is 90.9 cm³/mol. The van der Waals surface area contributed by atoms with E-state index in [0.29, 0.717) is 32.6 Å². The molecule has 0 radical (unpaired) electrons. The number of nitrogens with one attached hydrogen (secondary N) is 1. The zero-order chi connectivity index (χ0) is 17.6. The first-order valence-electron chi connectivity index (χ1n) is 8.28. The van der Waals surface area contributed by atoms with Gasteiger partial charge in [-0.3, -0.25) is 4.79 Å². The van der Waals surface area contributed by atoms with Gasteiger partial charge in [-0.15, -0.1) is 0 Å². The Bertz CT molecular complexity index is 821. The fourth-order valence-electron chi connectivity index (χ4n) is 3.48. The molecule has 2 N–H and O–H groups in total. The molecule has 0 saturated carbocycles. The van der Waals surface area contributed by atoms with Crippen molar-refractivity contribution in [2.45, 2.75) is 18.9 Å². The largest absolute Gasteiger partial charge is 0.506 e. The number of phenols is 1. The van der Waals surface area contributed by atoms with Gasteiger partial charge < -0.3 is 19.9 Å². The van der Waals surface area contributed by atoms with Gasteiger partial charge in [0.15, 0.2) is 0 Å². The molecule has 1 amide bonds. The number of aromatic nitrogens is 2. The zero-order valence-electron chi connectivity index (χ0n) is 13.7. The van der Waals surface area contributed by atoms with Crippen LogP contribution < -0.4 is 4.90 Å². The number of H-pyrrole nitrogens is 1. The van der Waals surface area contributed by atoms with Gasteiger partial charge in [-0.2, -0.15) is 0 Å². The first-order chi connectivity index (χ1) is 12.1. The number of likely N-dealkylation sites (tertiary alicyclic amines) is 1. The maximum absolute atomic E-state index is 14.1. The van der Waals surface area contributed by atoms with Gasteiger partial charge in [-0.05, 0) is 18.2 Å². The number of hydrogen-bond acceptors (Lipinski definition) is 4. The van der Waals surface area contributed by atoms with E-state index in [4.69, 9.17) is 0 Å². The zero-order valence-corrected chi connectivity index (χ0v) is 13.7. The van der Waals surface area contributed by atoms with Crippen LogP contribution >= 0.6 is 0 Å². The van der Waals surface area contributed by atoms with Crippen LogP contribution in [0.1, 0.15) is 23.1 Å². The fourth-order valence-corrected chi connectivity index (χ4v) is 3.48. The first-order valence-corrected chi connectivity index (χ1v) is 8.28. The van der Waals surface area contributed by atoms with Crippen molar-refractivity contribution in [2.24, 2.45) is 0 Å². The smallest absolute Gasteiger partial charge is 0.246 e. The maximum atomic E-state index is 14.1. The molecule has 1 saturated heterocycles. The van der Waals surface area contributed by atoms with Crippen LogP contribution in [-0.2, 0) is 17.8 Å². The minimum absolute atomic E-state index is 0.0549. The van der Waals surface area contributed by atoms with Crippen molar-refractivity contribution < 1.29 is 14.3 Å². The molecule has 0 spiro atoms. The first kappa shape index (κ1) is 15.7. The van der Waals surface area contributed by atoms with Crippen LogP contribution in [0.3, 0.4) is 0 Å². The normalized spacial score (nSPS) is 17.2. The number of aromatic hydroxyl groups is 1. The lowest BCUT2D eigenvalue weighted by Gasteiger charge is -2.37. The van der Waals surface area contributed by atoms with E-state index in [1.165, 1.54) is 24.3 Å². The van der Waals surface area contributed by atoms with E-state index in [1.54, 1.807) is 4.90 Å². The second kappa shape index (κ2) is 5.91. The summed E-state index contributed by atoms with van der Waals surface area (Å²) >= 11 is 0. The lowest BCUT2D eigenvalue weighted by atomic mass is 9.99. The van der Waals surface area contributed by atoms with Crippen LogP contribution in [0.15, 0.2) is 30.9 Å². The minimum atomic E-state index is -0.430. The molecule has 2 aromatic rings. The summed E-state index contributed by atoms with van der Waals surface area (Å²) in [5.74, 6) is 0.526. The van der Waals surface area contributed by atoms with Crippen molar-refractivity contribution in [3.8, 4) is 5.75 Å². The van der Waals surface area contributed by atoms with Crippen LogP contribution in [0.25, 0.3) is 0 Å². The third-order valence-electron chi connectivity index (χ3n) is 4.89. The van der Waals surface area contributed by atoms with E-state index >= 15 is 0 Å². The second-order valence-electron chi connectivity index (χ2n) is 6.47. The average molecular weight is 342 g/mol. The molecule has 1 aromatic heterocycles. The summed E-state index contributed by atoms with van der Waals surface area (Å²) in [6, 6.07) is 4.33. The monoisotopic (exact) mass is 342 g/mol. The number of rotatable bonds is 3. The molecule has 130 valence electrons. The maximum Gasteiger partial charge on any atom is 0.246 e. The van der Waals surface area contributed by atoms with Crippen LogP contribution in [0, 0.1) is 5.82 Å². The number of imidazole rings is 1. The van der Waals surface area contributed by atoms with E-state index in [-0.39, 0.29) is 23.3 Å². The Morgan fingerprint density at radius 2 is 2.24 bits per heavy atom. The molecule has 7 heteroatoms. The number of anilines is 1. The summed E-state index contributed by atoms with van der Waals surface area (Å²) < 4.78 is 14.1. The van der Waals surface area contributed by atoms with Crippen LogP contribution in [0.2, 0.25) is 0 Å². The molecule has 3 heterocycles. The molecule has 6 nitrogen and oxygen atoms in total. The highest BCUT2D eigenvalue weighted by molar-refractivity contribution is 5.87. The summed E-state index contributed by atoms with van der Waals surface area (Å²) in [4.78, 5) is 23.1. The molecule has 2 aliphatic rings.